The average Bonchev–Trinajstić information content (AvgIpc) is 2.16. The number of piperidine rings is 1. The highest BCUT2D eigenvalue weighted by Crippen LogP contribution is 2.18. The normalized spacial score (nSPS) is 27.6. The van der Waals surface area contributed by atoms with Crippen LogP contribution in [0.1, 0.15) is 26.7 Å². The molecule has 0 saturated carbocycles. The summed E-state index contributed by atoms with van der Waals surface area (Å²) in [6.45, 7) is 4.27. The van der Waals surface area contributed by atoms with Gasteiger partial charge in [-0.05, 0) is 12.8 Å². The molecule has 1 fully saturated rings. The van der Waals surface area contributed by atoms with Gasteiger partial charge in [-0.2, -0.15) is 0 Å². The van der Waals surface area contributed by atoms with E-state index < -0.39 is 12.0 Å². The number of carbonyl (C=O) groups excluding carboxylic acids is 1. The molecule has 2 atom stereocenters. The van der Waals surface area contributed by atoms with E-state index in [1.807, 2.05) is 13.8 Å². The minimum atomic E-state index is -0.819. The van der Waals surface area contributed by atoms with Crippen molar-refractivity contribution in [3.05, 3.63) is 0 Å². The average molecular weight is 199 g/mol. The number of rotatable bonds is 3. The second-order valence-electron chi connectivity index (χ2n) is 4.13. The molecule has 4 nitrogen and oxygen atoms in total. The number of ketones is 1. The summed E-state index contributed by atoms with van der Waals surface area (Å²) in [6, 6.07) is -0.466. The Kier molecular flexibility index (Phi) is 3.63. The molecule has 0 aliphatic carbocycles. The first kappa shape index (κ1) is 11.2. The summed E-state index contributed by atoms with van der Waals surface area (Å²) in [5.41, 5.74) is 0. The van der Waals surface area contributed by atoms with Crippen LogP contribution in [0.25, 0.3) is 0 Å². The van der Waals surface area contributed by atoms with Gasteiger partial charge in [0, 0.05) is 18.4 Å². The summed E-state index contributed by atoms with van der Waals surface area (Å²) in [7, 11) is 0. The monoisotopic (exact) mass is 199 g/mol. The number of hydrogen-bond acceptors (Lipinski definition) is 3. The first-order valence-electron chi connectivity index (χ1n) is 5.02. The third-order valence-electron chi connectivity index (χ3n) is 2.68. The van der Waals surface area contributed by atoms with E-state index in [1.54, 1.807) is 0 Å². The maximum atomic E-state index is 11.6. The predicted octanol–water partition coefficient (Wildman–Crippen LogP) is 0.664. The Bertz CT molecular complexity index is 230. The van der Waals surface area contributed by atoms with Crippen LogP contribution >= 0.6 is 0 Å². The fraction of sp³-hybridized carbons (Fsp3) is 0.800. The van der Waals surface area contributed by atoms with Gasteiger partial charge in [-0.3, -0.25) is 9.59 Å². The van der Waals surface area contributed by atoms with Crippen LogP contribution in [0.4, 0.5) is 0 Å². The van der Waals surface area contributed by atoms with Gasteiger partial charge < -0.3 is 10.4 Å². The molecule has 0 aromatic carbocycles. The van der Waals surface area contributed by atoms with Gasteiger partial charge in [-0.1, -0.05) is 13.8 Å². The zero-order chi connectivity index (χ0) is 10.7. The highest BCUT2D eigenvalue weighted by atomic mass is 16.4. The van der Waals surface area contributed by atoms with Crippen LogP contribution < -0.4 is 5.32 Å². The van der Waals surface area contributed by atoms with Crippen molar-refractivity contribution in [2.45, 2.75) is 32.7 Å². The SMILES string of the molecule is CC(C)C(=O)C1CCC(C(=O)O)NC1. The molecular formula is C10H17NO3. The smallest absolute Gasteiger partial charge is 0.320 e. The molecule has 1 aliphatic heterocycles. The molecule has 1 aliphatic rings. The molecule has 0 amide bonds. The molecule has 0 bridgehead atoms. The molecule has 0 radical (unpaired) electrons. The molecule has 0 aromatic heterocycles. The van der Waals surface area contributed by atoms with Crippen LogP contribution in [0.3, 0.4) is 0 Å². The van der Waals surface area contributed by atoms with Gasteiger partial charge in [0.05, 0.1) is 0 Å². The lowest BCUT2D eigenvalue weighted by Gasteiger charge is -2.27. The van der Waals surface area contributed by atoms with Crippen molar-refractivity contribution < 1.29 is 14.7 Å². The van der Waals surface area contributed by atoms with E-state index in [4.69, 9.17) is 5.11 Å². The summed E-state index contributed by atoms with van der Waals surface area (Å²) >= 11 is 0. The van der Waals surface area contributed by atoms with Crippen molar-refractivity contribution in [3.8, 4) is 0 Å². The maximum absolute atomic E-state index is 11.6. The largest absolute Gasteiger partial charge is 0.480 e. The van der Waals surface area contributed by atoms with Crippen molar-refractivity contribution in [1.29, 1.82) is 0 Å². The summed E-state index contributed by atoms with van der Waals surface area (Å²) < 4.78 is 0. The molecular weight excluding hydrogens is 182 g/mol. The fourth-order valence-corrected chi connectivity index (χ4v) is 1.78. The number of carbonyl (C=O) groups is 2. The first-order valence-corrected chi connectivity index (χ1v) is 5.02. The lowest BCUT2D eigenvalue weighted by molar-refractivity contribution is -0.141. The summed E-state index contributed by atoms with van der Waals surface area (Å²) in [5.74, 6) is -0.532. The number of carboxylic acid groups (broad SMARTS) is 1. The van der Waals surface area contributed by atoms with Gasteiger partial charge in [0.1, 0.15) is 11.8 Å². The summed E-state index contributed by atoms with van der Waals surface area (Å²) in [4.78, 5) is 22.2. The van der Waals surface area contributed by atoms with Crippen LogP contribution in [0.2, 0.25) is 0 Å². The topological polar surface area (TPSA) is 66.4 Å². The molecule has 80 valence electrons. The summed E-state index contributed by atoms with van der Waals surface area (Å²) in [6.07, 6.45) is 1.25. The second kappa shape index (κ2) is 4.55. The van der Waals surface area contributed by atoms with Crippen molar-refractivity contribution in [3.63, 3.8) is 0 Å². The predicted molar refractivity (Wildman–Crippen MR) is 52.0 cm³/mol. The van der Waals surface area contributed by atoms with Gasteiger partial charge in [0.25, 0.3) is 0 Å². The maximum Gasteiger partial charge on any atom is 0.320 e. The second-order valence-corrected chi connectivity index (χ2v) is 4.13. The Morgan fingerprint density at radius 3 is 2.36 bits per heavy atom. The molecule has 14 heavy (non-hydrogen) atoms. The lowest BCUT2D eigenvalue weighted by Crippen LogP contribution is -2.46. The Morgan fingerprint density at radius 2 is 2.00 bits per heavy atom. The lowest BCUT2D eigenvalue weighted by atomic mass is 9.87. The van der Waals surface area contributed by atoms with E-state index in [0.717, 1.165) is 0 Å². The van der Waals surface area contributed by atoms with Crippen molar-refractivity contribution in [2.75, 3.05) is 6.54 Å². The summed E-state index contributed by atoms with van der Waals surface area (Å²) in [5, 5.41) is 11.6. The molecule has 1 saturated heterocycles. The van der Waals surface area contributed by atoms with Gasteiger partial charge >= 0.3 is 5.97 Å². The Morgan fingerprint density at radius 1 is 1.36 bits per heavy atom. The van der Waals surface area contributed by atoms with Crippen LogP contribution in [-0.2, 0) is 9.59 Å². The Balaban J connectivity index is 2.43. The van der Waals surface area contributed by atoms with E-state index in [2.05, 4.69) is 5.32 Å². The number of Topliss-reactive ketones (excluding diaryl/α,β-unsaturated/α-hetero) is 1. The Labute approximate surface area is 83.7 Å². The van der Waals surface area contributed by atoms with Crippen molar-refractivity contribution in [2.24, 2.45) is 11.8 Å². The van der Waals surface area contributed by atoms with Crippen LogP contribution in [0.5, 0.6) is 0 Å². The van der Waals surface area contributed by atoms with Gasteiger partial charge in [-0.25, -0.2) is 0 Å². The highest BCUT2D eigenvalue weighted by Gasteiger charge is 2.29. The van der Waals surface area contributed by atoms with Gasteiger partial charge in [0.15, 0.2) is 0 Å². The Hall–Kier alpha value is -0.900. The van der Waals surface area contributed by atoms with Crippen LogP contribution in [0, 0.1) is 11.8 Å². The quantitative estimate of drug-likeness (QED) is 0.701. The van der Waals surface area contributed by atoms with Crippen LogP contribution in [0.15, 0.2) is 0 Å². The highest BCUT2D eigenvalue weighted by molar-refractivity contribution is 5.83. The zero-order valence-electron chi connectivity index (χ0n) is 8.62. The van der Waals surface area contributed by atoms with E-state index in [1.165, 1.54) is 0 Å². The third-order valence-corrected chi connectivity index (χ3v) is 2.68. The standard InChI is InChI=1S/C10H17NO3/c1-6(2)9(12)7-3-4-8(10(13)14)11-5-7/h6-8,11H,3-5H2,1-2H3,(H,13,14). The molecule has 0 spiro atoms. The number of nitrogens with one attached hydrogen (secondary N) is 1. The molecule has 4 heteroatoms. The van der Waals surface area contributed by atoms with E-state index in [9.17, 15) is 9.59 Å². The first-order chi connectivity index (χ1) is 6.52. The molecule has 1 rings (SSSR count). The molecule has 2 unspecified atom stereocenters. The third kappa shape index (κ3) is 2.54. The minimum Gasteiger partial charge on any atom is -0.480 e. The zero-order valence-corrected chi connectivity index (χ0v) is 8.62. The van der Waals surface area contributed by atoms with Gasteiger partial charge in [0.2, 0.25) is 0 Å². The fourth-order valence-electron chi connectivity index (χ4n) is 1.78. The molecule has 0 aromatic rings. The van der Waals surface area contributed by atoms with Crippen LogP contribution in [-0.4, -0.2) is 29.4 Å². The van der Waals surface area contributed by atoms with Gasteiger partial charge in [-0.15, -0.1) is 0 Å². The van der Waals surface area contributed by atoms with E-state index in [-0.39, 0.29) is 17.6 Å². The number of carboxylic acids is 1. The molecule has 1 heterocycles. The van der Waals surface area contributed by atoms with Crippen molar-refractivity contribution >= 4 is 11.8 Å². The minimum absolute atomic E-state index is 0.00519. The number of hydrogen-bond donors (Lipinski definition) is 2. The number of aliphatic carboxylic acids is 1. The van der Waals surface area contributed by atoms with E-state index >= 15 is 0 Å². The van der Waals surface area contributed by atoms with E-state index in [0.29, 0.717) is 19.4 Å². The van der Waals surface area contributed by atoms with Crippen molar-refractivity contribution in [1.82, 2.24) is 5.32 Å². The molecule has 2 N–H and O–H groups in total.